The summed E-state index contributed by atoms with van der Waals surface area (Å²) in [6.45, 7) is 1.74. The van der Waals surface area contributed by atoms with Gasteiger partial charge in [0.1, 0.15) is 11.3 Å². The predicted octanol–water partition coefficient (Wildman–Crippen LogP) is 3.95. The van der Waals surface area contributed by atoms with Crippen LogP contribution in [-0.2, 0) is 4.74 Å². The van der Waals surface area contributed by atoms with Crippen LogP contribution in [0.25, 0.3) is 26.6 Å². The number of aromatic hydroxyl groups is 1. The van der Waals surface area contributed by atoms with Crippen LogP contribution >= 0.6 is 11.3 Å². The number of hydrogen-bond acceptors (Lipinski definition) is 6. The highest BCUT2D eigenvalue weighted by Crippen LogP contribution is 2.36. The summed E-state index contributed by atoms with van der Waals surface area (Å²) < 4.78 is 7.55. The summed E-state index contributed by atoms with van der Waals surface area (Å²) in [5.74, 6) is -0.451. The van der Waals surface area contributed by atoms with Crippen LogP contribution in [0.1, 0.15) is 16.1 Å². The van der Waals surface area contributed by atoms with Gasteiger partial charge in [0, 0.05) is 5.56 Å². The molecule has 2 aromatic carbocycles. The molecule has 130 valence electrons. The van der Waals surface area contributed by atoms with Crippen LogP contribution in [0.2, 0.25) is 0 Å². The van der Waals surface area contributed by atoms with Crippen molar-refractivity contribution in [3.63, 3.8) is 0 Å². The highest BCUT2D eigenvalue weighted by atomic mass is 32.1. The molecular weight excluding hydrogens is 350 g/mol. The summed E-state index contributed by atoms with van der Waals surface area (Å²) in [5, 5.41) is 15.5. The number of phenolic OH excluding ortho intramolecular Hbond substituents is 1. The zero-order valence-corrected chi connectivity index (χ0v) is 14.9. The Morgan fingerprint density at radius 1 is 1.15 bits per heavy atom. The number of carbonyl (C=O) groups excluding carboxylic acids is 1. The summed E-state index contributed by atoms with van der Waals surface area (Å²) in [5.41, 5.74) is 2.63. The Kier molecular flexibility index (Phi) is 3.93. The normalized spacial score (nSPS) is 11.0. The lowest BCUT2D eigenvalue weighted by Gasteiger charge is -2.08. The molecule has 0 radical (unpaired) electrons. The number of benzene rings is 2. The molecule has 0 amide bonds. The number of phenols is 1. The van der Waals surface area contributed by atoms with Gasteiger partial charge in [-0.2, -0.15) is 5.10 Å². The van der Waals surface area contributed by atoms with Crippen molar-refractivity contribution in [3.05, 3.63) is 59.8 Å². The molecule has 1 N–H and O–H groups in total. The molecule has 7 heteroatoms. The number of hydrogen-bond donors (Lipinski definition) is 1. The highest BCUT2D eigenvalue weighted by Gasteiger charge is 2.27. The molecule has 2 aromatic heterocycles. The van der Waals surface area contributed by atoms with Crippen molar-refractivity contribution in [3.8, 4) is 22.1 Å². The molecule has 0 aliphatic rings. The van der Waals surface area contributed by atoms with E-state index in [1.807, 2.05) is 24.3 Å². The van der Waals surface area contributed by atoms with E-state index in [2.05, 4.69) is 10.1 Å². The fraction of sp³-hybridized carbons (Fsp3) is 0.105. The average molecular weight is 365 g/mol. The van der Waals surface area contributed by atoms with Crippen LogP contribution in [0.3, 0.4) is 0 Å². The minimum Gasteiger partial charge on any atom is -0.507 e. The lowest BCUT2D eigenvalue weighted by atomic mass is 10.0. The number of aromatic nitrogens is 3. The van der Waals surface area contributed by atoms with E-state index in [1.54, 1.807) is 35.9 Å². The second-order valence-electron chi connectivity index (χ2n) is 5.69. The van der Waals surface area contributed by atoms with Crippen molar-refractivity contribution in [1.29, 1.82) is 0 Å². The Morgan fingerprint density at radius 3 is 2.62 bits per heavy atom. The number of rotatable bonds is 3. The molecule has 4 aromatic rings. The van der Waals surface area contributed by atoms with Crippen LogP contribution in [0.4, 0.5) is 0 Å². The fourth-order valence-electron chi connectivity index (χ4n) is 2.89. The fourth-order valence-corrected chi connectivity index (χ4v) is 3.81. The summed E-state index contributed by atoms with van der Waals surface area (Å²) in [4.78, 5) is 17.0. The van der Waals surface area contributed by atoms with Gasteiger partial charge in [-0.1, -0.05) is 35.6 Å². The third-order valence-electron chi connectivity index (χ3n) is 4.07. The van der Waals surface area contributed by atoms with Gasteiger partial charge in [-0.05, 0) is 31.2 Å². The average Bonchev–Trinajstić information content (AvgIpc) is 3.22. The first kappa shape index (κ1) is 16.3. The van der Waals surface area contributed by atoms with Crippen LogP contribution in [0.5, 0.6) is 5.75 Å². The second-order valence-corrected chi connectivity index (χ2v) is 6.70. The van der Waals surface area contributed by atoms with Crippen LogP contribution < -0.4 is 0 Å². The van der Waals surface area contributed by atoms with E-state index in [0.29, 0.717) is 27.6 Å². The number of para-hydroxylation sites is 2. The number of fused-ring (bicyclic) bond motifs is 1. The van der Waals surface area contributed by atoms with Gasteiger partial charge >= 0.3 is 5.97 Å². The Bertz CT molecular complexity index is 1100. The van der Waals surface area contributed by atoms with E-state index in [-0.39, 0.29) is 5.75 Å². The van der Waals surface area contributed by atoms with Crippen molar-refractivity contribution >= 4 is 27.5 Å². The van der Waals surface area contributed by atoms with Gasteiger partial charge in [-0.3, -0.25) is 0 Å². The lowest BCUT2D eigenvalue weighted by Crippen LogP contribution is -2.05. The highest BCUT2D eigenvalue weighted by molar-refractivity contribution is 7.20. The maximum atomic E-state index is 12.4. The Labute approximate surface area is 153 Å². The topological polar surface area (TPSA) is 77.2 Å². The minimum atomic E-state index is -0.506. The molecule has 0 spiro atoms. The van der Waals surface area contributed by atoms with Gasteiger partial charge in [0.15, 0.2) is 0 Å². The molecule has 0 atom stereocenters. The summed E-state index contributed by atoms with van der Waals surface area (Å²) in [6.07, 6.45) is 0. The number of nitrogens with zero attached hydrogens (tertiary/aromatic N) is 3. The van der Waals surface area contributed by atoms with Crippen molar-refractivity contribution in [2.45, 2.75) is 6.92 Å². The van der Waals surface area contributed by atoms with Crippen molar-refractivity contribution in [1.82, 2.24) is 14.8 Å². The van der Waals surface area contributed by atoms with E-state index in [0.717, 1.165) is 10.2 Å². The van der Waals surface area contributed by atoms with Gasteiger partial charge in [-0.25, -0.2) is 14.5 Å². The van der Waals surface area contributed by atoms with Gasteiger partial charge in [0.05, 0.1) is 28.7 Å². The quantitative estimate of drug-likeness (QED) is 0.556. The van der Waals surface area contributed by atoms with E-state index in [1.165, 1.54) is 18.4 Å². The van der Waals surface area contributed by atoms with Crippen LogP contribution in [0.15, 0.2) is 48.5 Å². The van der Waals surface area contributed by atoms with Crippen LogP contribution in [0, 0.1) is 6.92 Å². The molecule has 6 nitrogen and oxygen atoms in total. The molecule has 26 heavy (non-hydrogen) atoms. The molecule has 0 unspecified atom stereocenters. The number of carbonyl (C=O) groups is 1. The van der Waals surface area contributed by atoms with Gasteiger partial charge in [-0.15, -0.1) is 0 Å². The molecule has 0 fully saturated rings. The zero-order chi connectivity index (χ0) is 18.3. The largest absolute Gasteiger partial charge is 0.507 e. The predicted molar refractivity (Wildman–Crippen MR) is 99.9 cm³/mol. The van der Waals surface area contributed by atoms with E-state index < -0.39 is 5.97 Å². The number of methoxy groups -OCH3 is 1. The number of esters is 1. The molecule has 4 rings (SSSR count). The third-order valence-corrected chi connectivity index (χ3v) is 5.08. The molecule has 0 saturated carbocycles. The molecule has 0 saturated heterocycles. The number of thiazole rings is 1. The van der Waals surface area contributed by atoms with Crippen molar-refractivity contribution < 1.29 is 14.6 Å². The SMILES string of the molecule is COC(=O)c1c(C)nn(-c2nc3ccccc3s2)c1-c1ccccc1O. The monoisotopic (exact) mass is 365 g/mol. The standard InChI is InChI=1S/C19H15N3O3S/c1-11-16(18(24)25-2)17(12-7-3-5-9-14(12)23)22(21-11)19-20-13-8-4-6-10-15(13)26-19/h3-10,23H,1-2H3. The first-order valence-electron chi connectivity index (χ1n) is 7.92. The Hall–Kier alpha value is -3.19. The number of aryl methyl sites for hydroxylation is 1. The smallest absolute Gasteiger partial charge is 0.342 e. The maximum Gasteiger partial charge on any atom is 0.342 e. The van der Waals surface area contributed by atoms with Crippen molar-refractivity contribution in [2.75, 3.05) is 7.11 Å². The van der Waals surface area contributed by atoms with E-state index >= 15 is 0 Å². The third kappa shape index (κ3) is 2.53. The Morgan fingerprint density at radius 2 is 1.88 bits per heavy atom. The number of ether oxygens (including phenoxy) is 1. The zero-order valence-electron chi connectivity index (χ0n) is 14.1. The molecule has 0 aliphatic heterocycles. The van der Waals surface area contributed by atoms with Gasteiger partial charge in [0.2, 0.25) is 5.13 Å². The summed E-state index contributed by atoms with van der Waals surface area (Å²) in [6, 6.07) is 14.6. The summed E-state index contributed by atoms with van der Waals surface area (Å²) >= 11 is 1.46. The van der Waals surface area contributed by atoms with Gasteiger partial charge in [0.25, 0.3) is 0 Å². The minimum absolute atomic E-state index is 0.0555. The van der Waals surface area contributed by atoms with Crippen LogP contribution in [-0.4, -0.2) is 33.0 Å². The molecule has 0 aliphatic carbocycles. The van der Waals surface area contributed by atoms with E-state index in [9.17, 15) is 9.90 Å². The second kappa shape index (κ2) is 6.27. The first-order valence-corrected chi connectivity index (χ1v) is 8.74. The first-order chi connectivity index (χ1) is 12.6. The Balaban J connectivity index is 2.03. The lowest BCUT2D eigenvalue weighted by molar-refractivity contribution is 0.0601. The molecule has 2 heterocycles. The summed E-state index contributed by atoms with van der Waals surface area (Å²) in [7, 11) is 1.32. The molecular formula is C19H15N3O3S. The van der Waals surface area contributed by atoms with Crippen molar-refractivity contribution in [2.24, 2.45) is 0 Å². The van der Waals surface area contributed by atoms with Gasteiger partial charge < -0.3 is 9.84 Å². The molecule has 0 bridgehead atoms. The van der Waals surface area contributed by atoms with E-state index in [4.69, 9.17) is 4.74 Å². The maximum absolute atomic E-state index is 12.4.